The van der Waals surface area contributed by atoms with Crippen molar-refractivity contribution in [2.24, 2.45) is 5.92 Å². The van der Waals surface area contributed by atoms with Gasteiger partial charge in [0.05, 0.1) is 6.04 Å². The molecule has 100 valence electrons. The standard InChI is InChI=1S/C13H24N2O.ClH/c1-2-11-6-5-9-15(10-11)13(16)12-7-3-4-8-14-12;/h11-12,14H,2-10H2,1H3;1H. The van der Waals surface area contributed by atoms with Gasteiger partial charge in [0.15, 0.2) is 0 Å². The van der Waals surface area contributed by atoms with Gasteiger partial charge in [0.25, 0.3) is 0 Å². The maximum absolute atomic E-state index is 12.3. The smallest absolute Gasteiger partial charge is 0.239 e. The molecule has 1 amide bonds. The van der Waals surface area contributed by atoms with Gasteiger partial charge in [0.2, 0.25) is 5.91 Å². The van der Waals surface area contributed by atoms with Crippen LogP contribution in [0.5, 0.6) is 0 Å². The molecule has 2 atom stereocenters. The number of amides is 1. The fourth-order valence-corrected chi connectivity index (χ4v) is 2.88. The number of nitrogens with zero attached hydrogens (tertiary/aromatic N) is 1. The van der Waals surface area contributed by atoms with Gasteiger partial charge in [-0.3, -0.25) is 4.79 Å². The Bertz CT molecular complexity index is 242. The first-order chi connectivity index (χ1) is 7.81. The molecule has 2 heterocycles. The SMILES string of the molecule is CCC1CCCN(C(=O)C2CCCCN2)C1.Cl. The molecule has 2 rings (SSSR count). The zero-order chi connectivity index (χ0) is 11.4. The van der Waals surface area contributed by atoms with Crippen molar-refractivity contribution < 1.29 is 4.79 Å². The molecule has 2 unspecified atom stereocenters. The van der Waals surface area contributed by atoms with E-state index < -0.39 is 0 Å². The predicted octanol–water partition coefficient (Wildman–Crippen LogP) is 2.20. The van der Waals surface area contributed by atoms with Crippen molar-refractivity contribution in [3.05, 3.63) is 0 Å². The van der Waals surface area contributed by atoms with Crippen molar-refractivity contribution >= 4 is 18.3 Å². The summed E-state index contributed by atoms with van der Waals surface area (Å²) in [5.74, 6) is 1.10. The number of halogens is 1. The summed E-state index contributed by atoms with van der Waals surface area (Å²) in [6.07, 6.45) is 7.17. The third-order valence-corrected chi connectivity index (χ3v) is 4.02. The molecule has 0 aromatic carbocycles. The Hall–Kier alpha value is -0.280. The van der Waals surface area contributed by atoms with Crippen LogP contribution in [0.3, 0.4) is 0 Å². The average molecular weight is 261 g/mol. The lowest BCUT2D eigenvalue weighted by Gasteiger charge is -2.35. The fraction of sp³-hybridized carbons (Fsp3) is 0.923. The zero-order valence-corrected chi connectivity index (χ0v) is 11.6. The van der Waals surface area contributed by atoms with E-state index in [1.165, 1.54) is 32.1 Å². The van der Waals surface area contributed by atoms with E-state index in [0.717, 1.165) is 32.0 Å². The summed E-state index contributed by atoms with van der Waals surface area (Å²) in [6.45, 7) is 5.22. The molecule has 0 bridgehead atoms. The van der Waals surface area contributed by atoms with E-state index in [9.17, 15) is 4.79 Å². The van der Waals surface area contributed by atoms with Crippen molar-refractivity contribution in [1.82, 2.24) is 10.2 Å². The topological polar surface area (TPSA) is 32.3 Å². The molecular formula is C13H25ClN2O. The minimum Gasteiger partial charge on any atom is -0.341 e. The highest BCUT2D eigenvalue weighted by Gasteiger charge is 2.28. The van der Waals surface area contributed by atoms with E-state index in [0.29, 0.717) is 5.91 Å². The summed E-state index contributed by atoms with van der Waals surface area (Å²) in [4.78, 5) is 14.4. The van der Waals surface area contributed by atoms with Crippen LogP contribution < -0.4 is 5.32 Å². The Morgan fingerprint density at radius 3 is 2.76 bits per heavy atom. The van der Waals surface area contributed by atoms with Gasteiger partial charge in [-0.2, -0.15) is 0 Å². The Balaban J connectivity index is 0.00000144. The van der Waals surface area contributed by atoms with Gasteiger partial charge in [-0.15, -0.1) is 12.4 Å². The second-order valence-electron chi connectivity index (χ2n) is 5.20. The van der Waals surface area contributed by atoms with Crippen molar-refractivity contribution in [1.29, 1.82) is 0 Å². The Morgan fingerprint density at radius 1 is 1.29 bits per heavy atom. The van der Waals surface area contributed by atoms with Gasteiger partial charge in [-0.05, 0) is 38.1 Å². The first kappa shape index (κ1) is 14.8. The predicted molar refractivity (Wildman–Crippen MR) is 72.5 cm³/mol. The number of piperidine rings is 2. The van der Waals surface area contributed by atoms with Gasteiger partial charge in [-0.1, -0.05) is 19.8 Å². The maximum Gasteiger partial charge on any atom is 0.239 e. The van der Waals surface area contributed by atoms with Crippen LogP contribution >= 0.6 is 12.4 Å². The van der Waals surface area contributed by atoms with E-state index >= 15 is 0 Å². The third-order valence-electron chi connectivity index (χ3n) is 4.02. The summed E-state index contributed by atoms with van der Waals surface area (Å²) in [7, 11) is 0. The van der Waals surface area contributed by atoms with Gasteiger partial charge < -0.3 is 10.2 Å². The summed E-state index contributed by atoms with van der Waals surface area (Å²) in [5, 5.41) is 3.36. The van der Waals surface area contributed by atoms with Gasteiger partial charge in [0, 0.05) is 13.1 Å². The molecule has 17 heavy (non-hydrogen) atoms. The van der Waals surface area contributed by atoms with Gasteiger partial charge in [-0.25, -0.2) is 0 Å². The van der Waals surface area contributed by atoms with E-state index in [1.807, 2.05) is 0 Å². The highest BCUT2D eigenvalue weighted by molar-refractivity contribution is 5.85. The number of rotatable bonds is 2. The highest BCUT2D eigenvalue weighted by atomic mass is 35.5. The molecule has 2 aliphatic heterocycles. The third kappa shape index (κ3) is 3.85. The normalized spacial score (nSPS) is 29.6. The lowest BCUT2D eigenvalue weighted by Crippen LogP contribution is -2.51. The summed E-state index contributed by atoms with van der Waals surface area (Å²) in [6, 6.07) is 0.115. The Kier molecular flexibility index (Phi) is 6.28. The summed E-state index contributed by atoms with van der Waals surface area (Å²) in [5.41, 5.74) is 0. The molecule has 0 aliphatic carbocycles. The first-order valence-corrected chi connectivity index (χ1v) is 6.83. The lowest BCUT2D eigenvalue weighted by atomic mass is 9.94. The van der Waals surface area contributed by atoms with Crippen LogP contribution in [0.4, 0.5) is 0 Å². The van der Waals surface area contributed by atoms with Crippen LogP contribution in [-0.4, -0.2) is 36.5 Å². The molecule has 0 aromatic heterocycles. The molecule has 0 spiro atoms. The van der Waals surface area contributed by atoms with Crippen LogP contribution in [-0.2, 0) is 4.79 Å². The quantitative estimate of drug-likeness (QED) is 0.826. The molecular weight excluding hydrogens is 236 g/mol. The second-order valence-corrected chi connectivity index (χ2v) is 5.20. The molecule has 0 aromatic rings. The minimum absolute atomic E-state index is 0. The summed E-state index contributed by atoms with van der Waals surface area (Å²) >= 11 is 0. The molecule has 3 nitrogen and oxygen atoms in total. The van der Waals surface area contributed by atoms with Gasteiger partial charge >= 0.3 is 0 Å². The van der Waals surface area contributed by atoms with E-state index in [1.54, 1.807) is 0 Å². The van der Waals surface area contributed by atoms with Crippen LogP contribution in [0.2, 0.25) is 0 Å². The Labute approximate surface area is 111 Å². The summed E-state index contributed by atoms with van der Waals surface area (Å²) < 4.78 is 0. The average Bonchev–Trinajstić information content (AvgIpc) is 2.39. The number of carbonyl (C=O) groups excluding carboxylic acids is 1. The molecule has 1 N–H and O–H groups in total. The van der Waals surface area contributed by atoms with E-state index in [-0.39, 0.29) is 18.4 Å². The molecule has 0 saturated carbocycles. The van der Waals surface area contributed by atoms with E-state index in [4.69, 9.17) is 0 Å². The molecule has 2 saturated heterocycles. The number of hydrogen-bond acceptors (Lipinski definition) is 2. The van der Waals surface area contributed by atoms with Crippen molar-refractivity contribution in [3.8, 4) is 0 Å². The molecule has 2 aliphatic rings. The number of likely N-dealkylation sites (tertiary alicyclic amines) is 1. The number of hydrogen-bond donors (Lipinski definition) is 1. The zero-order valence-electron chi connectivity index (χ0n) is 10.8. The van der Waals surface area contributed by atoms with Crippen LogP contribution in [0.15, 0.2) is 0 Å². The van der Waals surface area contributed by atoms with Crippen LogP contribution in [0, 0.1) is 5.92 Å². The lowest BCUT2D eigenvalue weighted by molar-refractivity contribution is -0.135. The largest absolute Gasteiger partial charge is 0.341 e. The van der Waals surface area contributed by atoms with Crippen molar-refractivity contribution in [3.63, 3.8) is 0 Å². The van der Waals surface area contributed by atoms with Crippen LogP contribution in [0.25, 0.3) is 0 Å². The molecule has 0 radical (unpaired) electrons. The minimum atomic E-state index is 0. The fourth-order valence-electron chi connectivity index (χ4n) is 2.88. The van der Waals surface area contributed by atoms with E-state index in [2.05, 4.69) is 17.1 Å². The van der Waals surface area contributed by atoms with Gasteiger partial charge in [0.1, 0.15) is 0 Å². The first-order valence-electron chi connectivity index (χ1n) is 6.83. The maximum atomic E-state index is 12.3. The highest BCUT2D eigenvalue weighted by Crippen LogP contribution is 2.21. The van der Waals surface area contributed by atoms with Crippen LogP contribution in [0.1, 0.15) is 45.4 Å². The number of carbonyl (C=O) groups is 1. The monoisotopic (exact) mass is 260 g/mol. The Morgan fingerprint density at radius 2 is 2.12 bits per heavy atom. The molecule has 4 heteroatoms. The van der Waals surface area contributed by atoms with Crippen molar-refractivity contribution in [2.75, 3.05) is 19.6 Å². The number of nitrogens with one attached hydrogen (secondary N) is 1. The van der Waals surface area contributed by atoms with Crippen molar-refractivity contribution in [2.45, 2.75) is 51.5 Å². The molecule has 2 fully saturated rings. The second kappa shape index (κ2) is 7.22.